The van der Waals surface area contributed by atoms with Crippen LogP contribution in [0.4, 0.5) is 0 Å². The molecule has 0 amide bonds. The monoisotopic (exact) mass is 381 g/mol. The van der Waals surface area contributed by atoms with Gasteiger partial charge in [-0.1, -0.05) is 43.0 Å². The molecule has 0 aromatic rings. The second-order valence-electron chi connectivity index (χ2n) is 7.76. The molecule has 5 heteroatoms. The van der Waals surface area contributed by atoms with Gasteiger partial charge in [-0.15, -0.1) is 0 Å². The molecule has 0 N–H and O–H groups in total. The molecule has 3 nitrogen and oxygen atoms in total. The maximum absolute atomic E-state index is 13.1. The lowest BCUT2D eigenvalue weighted by atomic mass is 9.73. The lowest BCUT2D eigenvalue weighted by Crippen LogP contribution is -2.30. The van der Waals surface area contributed by atoms with Crippen LogP contribution in [-0.2, 0) is 9.53 Å². The van der Waals surface area contributed by atoms with E-state index in [-0.39, 0.29) is 17.1 Å². The minimum atomic E-state index is -0.296. The van der Waals surface area contributed by atoms with Gasteiger partial charge < -0.3 is 4.74 Å². The van der Waals surface area contributed by atoms with Crippen molar-refractivity contribution in [2.75, 3.05) is 6.61 Å². The van der Waals surface area contributed by atoms with Crippen molar-refractivity contribution in [3.63, 3.8) is 0 Å². The topological polar surface area (TPSA) is 50.1 Å². The number of ether oxygens (including phenoxy) is 1. The molecule has 0 saturated heterocycles. The molecule has 3 aliphatic rings. The Labute approximate surface area is 160 Å². The second-order valence-corrected chi connectivity index (χ2v) is 8.52. The van der Waals surface area contributed by atoms with Crippen molar-refractivity contribution >= 4 is 29.0 Å². The minimum absolute atomic E-state index is 0.127. The summed E-state index contributed by atoms with van der Waals surface area (Å²) in [6.45, 7) is 2.66. The zero-order chi connectivity index (χ0) is 18.0. The highest BCUT2D eigenvalue weighted by Crippen LogP contribution is 2.56. The molecule has 25 heavy (non-hydrogen) atoms. The number of carbonyl (C=O) groups excluding carboxylic acids is 1. The summed E-state index contributed by atoms with van der Waals surface area (Å²) >= 11 is 12.9. The molecule has 2 saturated carbocycles. The van der Waals surface area contributed by atoms with Crippen LogP contribution in [0.2, 0.25) is 0 Å². The summed E-state index contributed by atoms with van der Waals surface area (Å²) in [4.78, 5) is 13.1. The summed E-state index contributed by atoms with van der Waals surface area (Å²) in [6.07, 6.45) is 8.42. The van der Waals surface area contributed by atoms with Gasteiger partial charge in [0, 0.05) is 23.8 Å². The van der Waals surface area contributed by atoms with Gasteiger partial charge >= 0.3 is 0 Å². The first-order valence-corrected chi connectivity index (χ1v) is 10.1. The Morgan fingerprint density at radius 1 is 1.24 bits per heavy atom. The lowest BCUT2D eigenvalue weighted by Gasteiger charge is -2.29. The maximum atomic E-state index is 13.1. The molecule has 0 aromatic heterocycles. The van der Waals surface area contributed by atoms with Crippen LogP contribution in [0.5, 0.6) is 0 Å². The standard InChI is InChI=1S/C20H25Cl2NO2/c1-20(14-7-3-4-8-14)12-13-11-15(25-10-6-2-5-9-23)17(21)18(22)16(13)19(20)24/h13-14H,2-8,10-12H2,1H3. The zero-order valence-corrected chi connectivity index (χ0v) is 16.3. The van der Waals surface area contributed by atoms with Crippen molar-refractivity contribution in [1.29, 1.82) is 5.26 Å². The number of ketones is 1. The van der Waals surface area contributed by atoms with Crippen molar-refractivity contribution in [1.82, 2.24) is 0 Å². The number of carbonyl (C=O) groups is 1. The fourth-order valence-electron chi connectivity index (χ4n) is 4.75. The van der Waals surface area contributed by atoms with Crippen LogP contribution < -0.4 is 0 Å². The quantitative estimate of drug-likeness (QED) is 0.543. The Bertz CT molecular complexity index is 655. The van der Waals surface area contributed by atoms with Crippen molar-refractivity contribution in [2.45, 2.75) is 64.7 Å². The number of nitrogens with zero attached hydrogens (tertiary/aromatic N) is 1. The number of rotatable bonds is 6. The molecule has 136 valence electrons. The fourth-order valence-corrected chi connectivity index (χ4v) is 5.32. The summed E-state index contributed by atoms with van der Waals surface area (Å²) in [5, 5.41) is 9.38. The van der Waals surface area contributed by atoms with Gasteiger partial charge in [0.1, 0.15) is 5.76 Å². The molecule has 3 rings (SSSR count). The van der Waals surface area contributed by atoms with Gasteiger partial charge in [0.25, 0.3) is 0 Å². The Morgan fingerprint density at radius 2 is 1.96 bits per heavy atom. The lowest BCUT2D eigenvalue weighted by molar-refractivity contribution is -0.124. The van der Waals surface area contributed by atoms with Crippen LogP contribution in [0.25, 0.3) is 0 Å². The number of halogens is 2. The molecular weight excluding hydrogens is 357 g/mol. The third-order valence-corrected chi connectivity index (χ3v) is 7.05. The maximum Gasteiger partial charge on any atom is 0.166 e. The van der Waals surface area contributed by atoms with Gasteiger partial charge in [-0.3, -0.25) is 4.79 Å². The number of hydrogen-bond donors (Lipinski definition) is 0. The Kier molecular flexibility index (Phi) is 5.81. The zero-order valence-electron chi connectivity index (χ0n) is 14.7. The van der Waals surface area contributed by atoms with E-state index in [1.807, 2.05) is 0 Å². The van der Waals surface area contributed by atoms with E-state index >= 15 is 0 Å². The van der Waals surface area contributed by atoms with E-state index in [0.29, 0.717) is 41.2 Å². The molecule has 2 fully saturated rings. The van der Waals surface area contributed by atoms with Crippen molar-refractivity contribution < 1.29 is 9.53 Å². The normalized spacial score (nSPS) is 30.0. The molecule has 3 aliphatic carbocycles. The predicted octanol–water partition coefficient (Wildman–Crippen LogP) is 5.83. The third kappa shape index (κ3) is 3.49. The van der Waals surface area contributed by atoms with Crippen LogP contribution in [0.15, 0.2) is 21.4 Å². The van der Waals surface area contributed by atoms with Gasteiger partial charge in [0.15, 0.2) is 5.78 Å². The van der Waals surface area contributed by atoms with Crippen LogP contribution in [0.3, 0.4) is 0 Å². The number of hydrogen-bond acceptors (Lipinski definition) is 3. The number of fused-ring (bicyclic) bond motifs is 1. The van der Waals surface area contributed by atoms with E-state index in [9.17, 15) is 4.79 Å². The summed E-state index contributed by atoms with van der Waals surface area (Å²) < 4.78 is 5.86. The van der Waals surface area contributed by atoms with E-state index < -0.39 is 0 Å². The average molecular weight is 382 g/mol. The SMILES string of the molecule is CC1(C2CCCC2)CC2CC(OCCCCC#N)=C(Cl)C(Cl)=C2C1=O. The van der Waals surface area contributed by atoms with Crippen LogP contribution in [-0.4, -0.2) is 12.4 Å². The largest absolute Gasteiger partial charge is 0.496 e. The van der Waals surface area contributed by atoms with Gasteiger partial charge in [-0.2, -0.15) is 5.26 Å². The smallest absolute Gasteiger partial charge is 0.166 e. The van der Waals surface area contributed by atoms with Gasteiger partial charge in [-0.25, -0.2) is 0 Å². The Hall–Kier alpha value is -0.980. The number of Topliss-reactive ketones (excluding diaryl/α,β-unsaturated/α-hetero) is 1. The Morgan fingerprint density at radius 3 is 2.64 bits per heavy atom. The first kappa shape index (κ1) is 18.8. The van der Waals surface area contributed by atoms with Gasteiger partial charge in [0.2, 0.25) is 0 Å². The molecule has 0 heterocycles. The average Bonchev–Trinajstić information content (AvgIpc) is 3.21. The minimum Gasteiger partial charge on any atom is -0.496 e. The van der Waals surface area contributed by atoms with E-state index in [2.05, 4.69) is 13.0 Å². The van der Waals surface area contributed by atoms with Gasteiger partial charge in [0.05, 0.1) is 22.7 Å². The fraction of sp³-hybridized carbons (Fsp3) is 0.700. The summed E-state index contributed by atoms with van der Waals surface area (Å²) in [5.74, 6) is 1.51. The Balaban J connectivity index is 1.72. The van der Waals surface area contributed by atoms with Crippen LogP contribution in [0, 0.1) is 28.6 Å². The van der Waals surface area contributed by atoms with Crippen molar-refractivity contribution in [2.24, 2.45) is 17.3 Å². The molecule has 0 radical (unpaired) electrons. The molecule has 0 aliphatic heterocycles. The van der Waals surface area contributed by atoms with Crippen molar-refractivity contribution in [3.05, 3.63) is 21.4 Å². The van der Waals surface area contributed by atoms with E-state index in [4.69, 9.17) is 33.2 Å². The molecule has 0 bridgehead atoms. The molecular formula is C20H25Cl2NO2. The highest BCUT2D eigenvalue weighted by Gasteiger charge is 2.53. The summed E-state index contributed by atoms with van der Waals surface area (Å²) in [5.41, 5.74) is 0.439. The van der Waals surface area contributed by atoms with E-state index in [1.165, 1.54) is 12.8 Å². The molecule has 2 atom stereocenters. The first-order valence-electron chi connectivity index (χ1n) is 9.32. The second kappa shape index (κ2) is 7.72. The van der Waals surface area contributed by atoms with Crippen LogP contribution >= 0.6 is 23.2 Å². The van der Waals surface area contributed by atoms with Crippen LogP contribution in [0.1, 0.15) is 64.7 Å². The summed E-state index contributed by atoms with van der Waals surface area (Å²) in [7, 11) is 0. The van der Waals surface area contributed by atoms with Crippen molar-refractivity contribution in [3.8, 4) is 6.07 Å². The first-order chi connectivity index (χ1) is 12.0. The summed E-state index contributed by atoms with van der Waals surface area (Å²) in [6, 6.07) is 2.13. The predicted molar refractivity (Wildman–Crippen MR) is 99.0 cm³/mol. The highest BCUT2D eigenvalue weighted by molar-refractivity contribution is 6.45. The third-order valence-electron chi connectivity index (χ3n) is 6.16. The molecule has 0 aromatic carbocycles. The number of allylic oxidation sites excluding steroid dienone is 4. The van der Waals surface area contributed by atoms with E-state index in [1.54, 1.807) is 0 Å². The highest BCUT2D eigenvalue weighted by atomic mass is 35.5. The number of nitriles is 1. The molecule has 2 unspecified atom stereocenters. The number of unbranched alkanes of at least 4 members (excludes halogenated alkanes) is 2. The molecule has 0 spiro atoms. The van der Waals surface area contributed by atoms with E-state index in [0.717, 1.165) is 37.7 Å². The van der Waals surface area contributed by atoms with Gasteiger partial charge in [-0.05, 0) is 43.9 Å².